The van der Waals surface area contributed by atoms with Gasteiger partial charge in [0.1, 0.15) is 30.6 Å². The molecule has 1 aliphatic carbocycles. The number of benzene rings is 2. The molecule has 2 amide bonds. The lowest BCUT2D eigenvalue weighted by atomic mass is 9.98. The molecule has 3 aromatic rings. The Bertz CT molecular complexity index is 1870. The van der Waals surface area contributed by atoms with Gasteiger partial charge in [0.05, 0.1) is 36.8 Å². The van der Waals surface area contributed by atoms with E-state index in [1.807, 2.05) is 4.90 Å². The maximum absolute atomic E-state index is 15.4. The highest BCUT2D eigenvalue weighted by molar-refractivity contribution is 6.05. The number of aromatic nitrogens is 2. The van der Waals surface area contributed by atoms with Crippen LogP contribution in [-0.4, -0.2) is 94.3 Å². The maximum atomic E-state index is 15.4. The zero-order valence-corrected chi connectivity index (χ0v) is 29.0. The lowest BCUT2D eigenvalue weighted by Gasteiger charge is -2.31. The van der Waals surface area contributed by atoms with Crippen molar-refractivity contribution in [3.8, 4) is 17.0 Å². The zero-order chi connectivity index (χ0) is 40.0. The van der Waals surface area contributed by atoms with Gasteiger partial charge >= 0.3 is 18.3 Å². The number of alkyl halides is 6. The molecule has 0 radical (unpaired) electrons. The van der Waals surface area contributed by atoms with Gasteiger partial charge in [-0.25, -0.2) is 14.4 Å². The summed E-state index contributed by atoms with van der Waals surface area (Å²) in [5, 5.41) is 14.9. The predicted octanol–water partition coefficient (Wildman–Crippen LogP) is 5.47. The number of anilines is 1. The number of carboxylic acid groups (broad SMARTS) is 1. The van der Waals surface area contributed by atoms with Gasteiger partial charge < -0.3 is 24.8 Å². The minimum Gasteiger partial charge on any atom is -0.489 e. The van der Waals surface area contributed by atoms with Crippen molar-refractivity contribution in [2.75, 3.05) is 51.4 Å². The number of carbonyl (C=O) groups is 3. The largest absolute Gasteiger partial charge is 0.489 e. The maximum Gasteiger partial charge on any atom is 0.433 e. The Labute approximate surface area is 308 Å². The lowest BCUT2D eigenvalue weighted by molar-refractivity contribution is -0.146. The molecule has 20 heteroatoms. The standard InChI is InChI=1S/C35H36F8N6O6/c36-30-21(3-6-26(31(30)37)55-14-11-48-9-12-54-13-10-48)18-49(20-46-33(32(52)53)7-1-2-8-33)29(51)17-28(50)47-24-5-4-22(34(38,39)40)15-23(24)25-16-27(35(41,42)43)45-19-44-25/h3-6,15-16,19,46H,1-2,7-14,17-18,20H2,(H,47,50)(H,52,53). The van der Waals surface area contributed by atoms with E-state index in [-0.39, 0.29) is 30.8 Å². The molecule has 5 rings (SSSR count). The molecule has 2 aromatic carbocycles. The molecule has 0 bridgehead atoms. The molecule has 2 heterocycles. The predicted molar refractivity (Wildman–Crippen MR) is 177 cm³/mol. The van der Waals surface area contributed by atoms with Crippen LogP contribution < -0.4 is 15.4 Å². The van der Waals surface area contributed by atoms with Gasteiger partial charge in [-0.15, -0.1) is 0 Å². The first kappa shape index (κ1) is 41.2. The number of nitrogens with zero attached hydrogens (tertiary/aromatic N) is 4. The fourth-order valence-electron chi connectivity index (χ4n) is 6.19. The topological polar surface area (TPSA) is 146 Å². The van der Waals surface area contributed by atoms with Gasteiger partial charge in [-0.1, -0.05) is 18.9 Å². The Morgan fingerprint density at radius 3 is 2.31 bits per heavy atom. The van der Waals surface area contributed by atoms with Crippen molar-refractivity contribution in [3.63, 3.8) is 0 Å². The van der Waals surface area contributed by atoms with Crippen LogP contribution in [0.3, 0.4) is 0 Å². The van der Waals surface area contributed by atoms with Crippen LogP contribution in [0.15, 0.2) is 42.7 Å². The Morgan fingerprint density at radius 2 is 1.65 bits per heavy atom. The molecular formula is C35H36F8N6O6. The number of hydrogen-bond donors (Lipinski definition) is 3. The van der Waals surface area contributed by atoms with Crippen LogP contribution in [0.2, 0.25) is 0 Å². The molecule has 1 saturated heterocycles. The van der Waals surface area contributed by atoms with Gasteiger partial charge in [0.15, 0.2) is 11.6 Å². The molecule has 3 N–H and O–H groups in total. The van der Waals surface area contributed by atoms with Crippen molar-refractivity contribution in [2.45, 2.75) is 56.5 Å². The Hall–Kier alpha value is -4.95. The first-order valence-corrected chi connectivity index (χ1v) is 17.0. The highest BCUT2D eigenvalue weighted by atomic mass is 19.4. The first-order chi connectivity index (χ1) is 26.0. The summed E-state index contributed by atoms with van der Waals surface area (Å²) in [5.41, 5.74) is -6.18. The number of halogens is 8. The third kappa shape index (κ3) is 10.4. The monoisotopic (exact) mass is 788 g/mol. The third-order valence-corrected chi connectivity index (χ3v) is 9.25. The van der Waals surface area contributed by atoms with Gasteiger partial charge in [0, 0.05) is 37.3 Å². The molecule has 0 atom stereocenters. The molecule has 2 fully saturated rings. The zero-order valence-electron chi connectivity index (χ0n) is 29.0. The molecule has 12 nitrogen and oxygen atoms in total. The smallest absolute Gasteiger partial charge is 0.433 e. The second-order valence-electron chi connectivity index (χ2n) is 12.9. The van der Waals surface area contributed by atoms with E-state index in [2.05, 4.69) is 20.6 Å². The van der Waals surface area contributed by atoms with E-state index in [1.54, 1.807) is 0 Å². The summed E-state index contributed by atoms with van der Waals surface area (Å²) >= 11 is 0. The van der Waals surface area contributed by atoms with Crippen molar-refractivity contribution in [2.24, 2.45) is 0 Å². The molecule has 1 aliphatic heterocycles. The number of amides is 2. The average Bonchev–Trinajstić information content (AvgIpc) is 3.63. The van der Waals surface area contributed by atoms with Crippen LogP contribution in [0.1, 0.15) is 48.9 Å². The summed E-state index contributed by atoms with van der Waals surface area (Å²) in [6.45, 7) is 1.63. The normalized spacial score (nSPS) is 16.1. The molecule has 0 unspecified atom stereocenters. The summed E-state index contributed by atoms with van der Waals surface area (Å²) < 4.78 is 122. The second-order valence-corrected chi connectivity index (χ2v) is 12.9. The number of nitrogens with one attached hydrogen (secondary N) is 2. The first-order valence-electron chi connectivity index (χ1n) is 17.0. The number of ether oxygens (including phenoxy) is 2. The van der Waals surface area contributed by atoms with E-state index in [4.69, 9.17) is 9.47 Å². The molecule has 298 valence electrons. The molecule has 1 aromatic heterocycles. The Morgan fingerprint density at radius 1 is 0.945 bits per heavy atom. The van der Waals surface area contributed by atoms with Crippen LogP contribution in [0.4, 0.5) is 40.8 Å². The summed E-state index contributed by atoms with van der Waals surface area (Å²) in [6, 6.07) is 4.51. The van der Waals surface area contributed by atoms with Gasteiger partial charge in [-0.05, 0) is 43.2 Å². The quantitative estimate of drug-likeness (QED) is 0.109. The fourth-order valence-corrected chi connectivity index (χ4v) is 6.19. The van der Waals surface area contributed by atoms with Crippen LogP contribution in [-0.2, 0) is 38.0 Å². The minimum absolute atomic E-state index is 0.0397. The molecule has 1 saturated carbocycles. The van der Waals surface area contributed by atoms with Gasteiger partial charge in [-0.3, -0.25) is 24.6 Å². The van der Waals surface area contributed by atoms with Crippen molar-refractivity contribution in [1.29, 1.82) is 0 Å². The second kappa shape index (κ2) is 17.2. The van der Waals surface area contributed by atoms with E-state index < -0.39 is 95.1 Å². The number of aliphatic carboxylic acids is 1. The van der Waals surface area contributed by atoms with Crippen LogP contribution in [0, 0.1) is 11.6 Å². The van der Waals surface area contributed by atoms with Crippen LogP contribution in [0.5, 0.6) is 5.75 Å². The highest BCUT2D eigenvalue weighted by Gasteiger charge is 2.41. The Balaban J connectivity index is 1.36. The van der Waals surface area contributed by atoms with Crippen molar-refractivity contribution >= 4 is 23.5 Å². The van der Waals surface area contributed by atoms with Gasteiger partial charge in [-0.2, -0.15) is 30.7 Å². The van der Waals surface area contributed by atoms with E-state index >= 15 is 8.78 Å². The third-order valence-electron chi connectivity index (χ3n) is 9.25. The van der Waals surface area contributed by atoms with Gasteiger partial charge in [0.2, 0.25) is 17.6 Å². The molecule has 0 spiro atoms. The summed E-state index contributed by atoms with van der Waals surface area (Å²) in [7, 11) is 0. The minimum atomic E-state index is -4.98. The van der Waals surface area contributed by atoms with Crippen LogP contribution >= 0.6 is 0 Å². The van der Waals surface area contributed by atoms with Crippen LogP contribution in [0.25, 0.3) is 11.3 Å². The molecule has 2 aliphatic rings. The fraction of sp³-hybridized carbons (Fsp3) is 0.457. The van der Waals surface area contributed by atoms with Crippen molar-refractivity contribution < 1.29 is 64.1 Å². The number of hydrogen-bond acceptors (Lipinski definition) is 9. The van der Waals surface area contributed by atoms with Crippen molar-refractivity contribution in [1.82, 2.24) is 25.1 Å². The summed E-state index contributed by atoms with van der Waals surface area (Å²) in [5.74, 6) is -6.49. The van der Waals surface area contributed by atoms with E-state index in [0.717, 1.165) is 23.1 Å². The van der Waals surface area contributed by atoms with Crippen molar-refractivity contribution in [3.05, 3.63) is 71.2 Å². The number of carbonyl (C=O) groups excluding carboxylic acids is 2. The summed E-state index contributed by atoms with van der Waals surface area (Å²) in [4.78, 5) is 48.6. The Kier molecular flexibility index (Phi) is 12.9. The van der Waals surface area contributed by atoms with E-state index in [1.165, 1.54) is 0 Å². The van der Waals surface area contributed by atoms with E-state index in [9.17, 15) is 45.8 Å². The number of carboxylic acids is 1. The molecule has 55 heavy (non-hydrogen) atoms. The average molecular weight is 789 g/mol. The van der Waals surface area contributed by atoms with Gasteiger partial charge in [0.25, 0.3) is 0 Å². The summed E-state index contributed by atoms with van der Waals surface area (Å²) in [6.07, 6.45) is -8.99. The lowest BCUT2D eigenvalue weighted by Crippen LogP contribution is -2.54. The molecular weight excluding hydrogens is 752 g/mol. The number of morpholine rings is 1. The highest BCUT2D eigenvalue weighted by Crippen LogP contribution is 2.37. The number of rotatable bonds is 14. The van der Waals surface area contributed by atoms with E-state index in [0.29, 0.717) is 70.2 Å². The SMILES string of the molecule is O=C(CC(=O)N(CNC1(C(=O)O)CCCC1)Cc1ccc(OCCN2CCOCC2)c(F)c1F)Nc1ccc(C(F)(F)F)cc1-c1cc(C(F)(F)F)ncn1.